The number of hydrogen-bond donors (Lipinski definition) is 0. The number of rotatable bonds is 31. The largest absolute Gasteiger partial charge is 0.462 e. The van der Waals surface area contributed by atoms with Crippen molar-refractivity contribution in [1.82, 2.24) is 4.90 Å². The first-order chi connectivity index (χ1) is 19.9. The van der Waals surface area contributed by atoms with Crippen molar-refractivity contribution in [3.8, 4) is 0 Å². The molecule has 0 rings (SSSR count). The van der Waals surface area contributed by atoms with E-state index in [4.69, 9.17) is 9.47 Å². The molecule has 41 heavy (non-hydrogen) atoms. The van der Waals surface area contributed by atoms with E-state index in [9.17, 15) is 9.59 Å². The molecule has 244 valence electrons. The van der Waals surface area contributed by atoms with Crippen molar-refractivity contribution in [2.75, 3.05) is 27.2 Å². The van der Waals surface area contributed by atoms with Crippen LogP contribution >= 0.6 is 0 Å². The summed E-state index contributed by atoms with van der Waals surface area (Å²) in [5.74, 6) is -0.307. The van der Waals surface area contributed by atoms with Gasteiger partial charge in [-0.15, -0.1) is 0 Å². The van der Waals surface area contributed by atoms with Crippen molar-refractivity contribution in [2.24, 2.45) is 5.92 Å². The topological polar surface area (TPSA) is 55.8 Å². The fourth-order valence-electron chi connectivity index (χ4n) is 5.46. The summed E-state index contributed by atoms with van der Waals surface area (Å²) in [5.41, 5.74) is 0. The zero-order valence-corrected chi connectivity index (χ0v) is 28.3. The van der Waals surface area contributed by atoms with E-state index in [2.05, 4.69) is 39.8 Å². The lowest BCUT2D eigenvalue weighted by molar-refractivity contribution is -0.162. The van der Waals surface area contributed by atoms with E-state index in [0.29, 0.717) is 6.42 Å². The number of hydrogen-bond acceptors (Lipinski definition) is 5. The molecular formula is C36H71NO4. The molecule has 0 aromatic carbocycles. The Labute approximate surface area is 256 Å². The minimum absolute atomic E-state index is 0.0420. The molecule has 2 unspecified atom stereocenters. The highest BCUT2D eigenvalue weighted by molar-refractivity contribution is 5.72. The summed E-state index contributed by atoms with van der Waals surface area (Å²) in [6.07, 6.45) is 28.8. The van der Waals surface area contributed by atoms with Crippen LogP contribution < -0.4 is 0 Å². The molecule has 0 heterocycles. The minimum Gasteiger partial charge on any atom is -0.462 e. The summed E-state index contributed by atoms with van der Waals surface area (Å²) in [5, 5.41) is 0. The Balaban J connectivity index is 4.40. The van der Waals surface area contributed by atoms with Gasteiger partial charge < -0.3 is 14.4 Å². The first kappa shape index (κ1) is 39.9. The maximum atomic E-state index is 12.9. The second-order valence-corrected chi connectivity index (χ2v) is 12.7. The van der Waals surface area contributed by atoms with Gasteiger partial charge in [-0.2, -0.15) is 0 Å². The lowest BCUT2D eigenvalue weighted by Crippen LogP contribution is -2.27. The average Bonchev–Trinajstić information content (AvgIpc) is 2.95. The molecule has 0 aromatic heterocycles. The number of ether oxygens (including phenoxy) is 2. The number of nitrogens with zero attached hydrogens (tertiary/aromatic N) is 1. The van der Waals surface area contributed by atoms with Crippen molar-refractivity contribution in [1.29, 1.82) is 0 Å². The Morgan fingerprint density at radius 1 is 0.585 bits per heavy atom. The molecule has 0 amide bonds. The predicted octanol–water partition coefficient (Wildman–Crippen LogP) is 10.4. The van der Waals surface area contributed by atoms with E-state index in [1.165, 1.54) is 103 Å². The molecule has 0 aliphatic rings. The number of carbonyl (C=O) groups excluding carboxylic acids is 2. The van der Waals surface area contributed by atoms with E-state index in [0.717, 1.165) is 57.9 Å². The van der Waals surface area contributed by atoms with Gasteiger partial charge in [0.05, 0.1) is 5.92 Å². The highest BCUT2D eigenvalue weighted by Gasteiger charge is 2.21. The highest BCUT2D eigenvalue weighted by atomic mass is 16.6. The normalized spacial score (nSPS) is 12.9. The van der Waals surface area contributed by atoms with Crippen molar-refractivity contribution >= 4 is 11.9 Å². The van der Waals surface area contributed by atoms with Gasteiger partial charge in [0.25, 0.3) is 0 Å². The van der Waals surface area contributed by atoms with Crippen LogP contribution in [0.25, 0.3) is 0 Å². The van der Waals surface area contributed by atoms with Gasteiger partial charge in [-0.25, -0.2) is 0 Å². The molecule has 0 radical (unpaired) electrons. The predicted molar refractivity (Wildman–Crippen MR) is 175 cm³/mol. The van der Waals surface area contributed by atoms with Gasteiger partial charge in [-0.05, 0) is 59.2 Å². The van der Waals surface area contributed by atoms with Crippen molar-refractivity contribution in [2.45, 2.75) is 187 Å². The average molecular weight is 582 g/mol. The van der Waals surface area contributed by atoms with Gasteiger partial charge in [0.1, 0.15) is 12.7 Å². The molecule has 0 bridgehead atoms. The maximum absolute atomic E-state index is 12.9. The first-order valence-electron chi connectivity index (χ1n) is 17.9. The fraction of sp³-hybridized carbons (Fsp3) is 0.944. The van der Waals surface area contributed by atoms with Gasteiger partial charge in [0, 0.05) is 6.42 Å². The second kappa shape index (κ2) is 30.4. The van der Waals surface area contributed by atoms with Crippen molar-refractivity contribution < 1.29 is 19.1 Å². The van der Waals surface area contributed by atoms with Gasteiger partial charge >= 0.3 is 11.9 Å². The van der Waals surface area contributed by atoms with Crippen LogP contribution in [0.2, 0.25) is 0 Å². The molecule has 5 nitrogen and oxygen atoms in total. The maximum Gasteiger partial charge on any atom is 0.309 e. The molecule has 0 aliphatic heterocycles. The molecule has 0 saturated heterocycles. The van der Waals surface area contributed by atoms with E-state index in [1.807, 2.05) is 0 Å². The van der Waals surface area contributed by atoms with Gasteiger partial charge in [0.2, 0.25) is 0 Å². The molecule has 5 heteroatoms. The summed E-state index contributed by atoms with van der Waals surface area (Å²) in [4.78, 5) is 27.5. The Morgan fingerprint density at radius 2 is 1.05 bits per heavy atom. The molecule has 0 N–H and O–H groups in total. The van der Waals surface area contributed by atoms with Crippen molar-refractivity contribution in [3.05, 3.63) is 0 Å². The Kier molecular flexibility index (Phi) is 29.5. The molecule has 0 fully saturated rings. The van der Waals surface area contributed by atoms with Crippen LogP contribution in [-0.2, 0) is 19.1 Å². The molecule has 0 aromatic rings. The Morgan fingerprint density at radius 3 is 1.51 bits per heavy atom. The third-order valence-corrected chi connectivity index (χ3v) is 8.31. The minimum atomic E-state index is -0.320. The summed E-state index contributed by atoms with van der Waals surface area (Å²) >= 11 is 0. The molecule has 0 saturated carbocycles. The zero-order valence-electron chi connectivity index (χ0n) is 28.3. The van der Waals surface area contributed by atoms with Crippen LogP contribution in [-0.4, -0.2) is 50.2 Å². The first-order valence-corrected chi connectivity index (χ1v) is 17.9. The lowest BCUT2D eigenvalue weighted by atomic mass is 9.98. The van der Waals surface area contributed by atoms with Crippen LogP contribution in [0.15, 0.2) is 0 Å². The zero-order chi connectivity index (χ0) is 30.4. The quantitative estimate of drug-likeness (QED) is 0.0602. The Hall–Kier alpha value is -1.10. The van der Waals surface area contributed by atoms with Gasteiger partial charge in [-0.3, -0.25) is 9.59 Å². The summed E-state index contributed by atoms with van der Waals surface area (Å²) in [6, 6.07) is 0. The van der Waals surface area contributed by atoms with E-state index in [-0.39, 0.29) is 30.6 Å². The van der Waals surface area contributed by atoms with Crippen LogP contribution in [0.5, 0.6) is 0 Å². The van der Waals surface area contributed by atoms with Crippen LogP contribution in [0.1, 0.15) is 181 Å². The SMILES string of the molecule is CCCCCCCCCCCCCCC(COC(=O)C(CC)CCCCCCCCC)OC(=O)CCCCN(C)C. The number of esters is 2. The number of carbonyl (C=O) groups is 2. The summed E-state index contributed by atoms with van der Waals surface area (Å²) < 4.78 is 11.6. The Bertz CT molecular complexity index is 580. The lowest BCUT2D eigenvalue weighted by Gasteiger charge is -2.20. The number of unbranched alkanes of at least 4 members (excludes halogenated alkanes) is 18. The molecule has 0 spiro atoms. The van der Waals surface area contributed by atoms with Crippen LogP contribution in [0.3, 0.4) is 0 Å². The standard InChI is InChI=1S/C36H71NO4/c1-6-9-11-13-15-16-17-18-19-21-23-25-29-34(41-35(38)30-26-27-31-37(4)5)32-40-36(39)33(8-3)28-24-22-20-14-12-10-7-2/h33-34H,6-32H2,1-5H3. The van der Waals surface area contributed by atoms with E-state index >= 15 is 0 Å². The van der Waals surface area contributed by atoms with E-state index in [1.54, 1.807) is 0 Å². The second-order valence-electron chi connectivity index (χ2n) is 12.7. The summed E-state index contributed by atoms with van der Waals surface area (Å²) in [7, 11) is 4.10. The fourth-order valence-corrected chi connectivity index (χ4v) is 5.46. The highest BCUT2D eigenvalue weighted by Crippen LogP contribution is 2.19. The van der Waals surface area contributed by atoms with Crippen LogP contribution in [0.4, 0.5) is 0 Å². The molecule has 2 atom stereocenters. The van der Waals surface area contributed by atoms with E-state index < -0.39 is 0 Å². The van der Waals surface area contributed by atoms with Crippen LogP contribution in [0, 0.1) is 5.92 Å². The monoisotopic (exact) mass is 582 g/mol. The third-order valence-electron chi connectivity index (χ3n) is 8.31. The summed E-state index contributed by atoms with van der Waals surface area (Å²) in [6.45, 7) is 7.77. The third kappa shape index (κ3) is 27.5. The van der Waals surface area contributed by atoms with Crippen molar-refractivity contribution in [3.63, 3.8) is 0 Å². The van der Waals surface area contributed by atoms with Gasteiger partial charge in [0.15, 0.2) is 0 Å². The van der Waals surface area contributed by atoms with Gasteiger partial charge in [-0.1, -0.05) is 136 Å². The smallest absolute Gasteiger partial charge is 0.309 e. The molecular weight excluding hydrogens is 510 g/mol. The molecule has 0 aliphatic carbocycles.